The van der Waals surface area contributed by atoms with Crippen molar-refractivity contribution in [3.05, 3.63) is 0 Å². The van der Waals surface area contributed by atoms with E-state index < -0.39 is 0 Å². The van der Waals surface area contributed by atoms with Crippen molar-refractivity contribution in [3.63, 3.8) is 0 Å². The maximum Gasteiger partial charge on any atom is 0.0107 e. The summed E-state index contributed by atoms with van der Waals surface area (Å²) in [6.45, 7) is 10.8. The first-order chi connectivity index (χ1) is 5.83. The van der Waals surface area contributed by atoms with Gasteiger partial charge < -0.3 is 10.2 Å². The van der Waals surface area contributed by atoms with Crippen molar-refractivity contribution >= 4 is 0 Å². The maximum absolute atomic E-state index is 3.38. The largest absolute Gasteiger partial charge is 0.314 e. The quantitative estimate of drug-likeness (QED) is 0.684. The third kappa shape index (κ3) is 3.55. The Balaban J connectivity index is 2.11. The molecular weight excluding hydrogens is 148 g/mol. The zero-order chi connectivity index (χ0) is 8.81. The molecule has 1 fully saturated rings. The molecule has 2 nitrogen and oxygen atoms in total. The number of hydrogen-bond donors (Lipinski definition) is 1. The Kier molecular flexibility index (Phi) is 4.62. The first kappa shape index (κ1) is 10.0. The first-order valence-corrected chi connectivity index (χ1v) is 5.26. The minimum atomic E-state index is 0.882. The molecule has 1 aliphatic heterocycles. The lowest BCUT2D eigenvalue weighted by atomic mass is 10.1. The van der Waals surface area contributed by atoms with Gasteiger partial charge in [-0.25, -0.2) is 0 Å². The fourth-order valence-electron chi connectivity index (χ4n) is 1.92. The number of piperazine rings is 1. The van der Waals surface area contributed by atoms with E-state index in [1.54, 1.807) is 0 Å². The van der Waals surface area contributed by atoms with Crippen LogP contribution in [0.15, 0.2) is 0 Å². The van der Waals surface area contributed by atoms with Gasteiger partial charge in [0.05, 0.1) is 0 Å². The molecule has 0 aromatic rings. The molecule has 1 aliphatic rings. The van der Waals surface area contributed by atoms with Gasteiger partial charge in [0, 0.05) is 32.7 Å². The Morgan fingerprint density at radius 2 is 2.00 bits per heavy atom. The average Bonchev–Trinajstić information content (AvgIpc) is 2.06. The van der Waals surface area contributed by atoms with Crippen molar-refractivity contribution in [1.82, 2.24) is 10.2 Å². The van der Waals surface area contributed by atoms with Crippen LogP contribution < -0.4 is 5.32 Å². The van der Waals surface area contributed by atoms with Crippen molar-refractivity contribution in [2.24, 2.45) is 5.92 Å². The first-order valence-electron chi connectivity index (χ1n) is 5.26. The van der Waals surface area contributed by atoms with E-state index >= 15 is 0 Å². The lowest BCUT2D eigenvalue weighted by Gasteiger charge is -2.29. The molecule has 72 valence electrons. The van der Waals surface area contributed by atoms with E-state index in [0.29, 0.717) is 0 Å². The van der Waals surface area contributed by atoms with Gasteiger partial charge in [0.2, 0.25) is 0 Å². The SMILES string of the molecule is CCCC(C)CN1CCNCC1. The van der Waals surface area contributed by atoms with Crippen molar-refractivity contribution < 1.29 is 0 Å². The van der Waals surface area contributed by atoms with Gasteiger partial charge in [0.1, 0.15) is 0 Å². The minimum absolute atomic E-state index is 0.882. The lowest BCUT2D eigenvalue weighted by molar-refractivity contribution is 0.207. The van der Waals surface area contributed by atoms with Crippen LogP contribution in [0.4, 0.5) is 0 Å². The van der Waals surface area contributed by atoms with E-state index in [4.69, 9.17) is 0 Å². The summed E-state index contributed by atoms with van der Waals surface area (Å²) >= 11 is 0. The van der Waals surface area contributed by atoms with Gasteiger partial charge in [-0.15, -0.1) is 0 Å². The van der Waals surface area contributed by atoms with Crippen LogP contribution in [0.25, 0.3) is 0 Å². The van der Waals surface area contributed by atoms with Gasteiger partial charge in [-0.1, -0.05) is 20.3 Å². The molecule has 1 rings (SSSR count). The van der Waals surface area contributed by atoms with E-state index in [1.807, 2.05) is 0 Å². The molecule has 1 heterocycles. The second kappa shape index (κ2) is 5.55. The zero-order valence-electron chi connectivity index (χ0n) is 8.47. The van der Waals surface area contributed by atoms with Crippen LogP contribution in [0.3, 0.4) is 0 Å². The molecule has 0 amide bonds. The molecule has 0 saturated carbocycles. The van der Waals surface area contributed by atoms with E-state index in [0.717, 1.165) is 5.92 Å². The average molecular weight is 170 g/mol. The third-order valence-corrected chi connectivity index (χ3v) is 2.56. The number of rotatable bonds is 4. The highest BCUT2D eigenvalue weighted by Gasteiger charge is 2.11. The predicted molar refractivity (Wildman–Crippen MR) is 53.4 cm³/mol. The van der Waals surface area contributed by atoms with E-state index in [-0.39, 0.29) is 0 Å². The molecule has 1 atom stereocenters. The van der Waals surface area contributed by atoms with Crippen LogP contribution in [0.5, 0.6) is 0 Å². The zero-order valence-corrected chi connectivity index (χ0v) is 8.47. The van der Waals surface area contributed by atoms with Crippen LogP contribution in [0.1, 0.15) is 26.7 Å². The van der Waals surface area contributed by atoms with E-state index in [2.05, 4.69) is 24.1 Å². The fourth-order valence-corrected chi connectivity index (χ4v) is 1.92. The second-order valence-electron chi connectivity index (χ2n) is 3.94. The summed E-state index contributed by atoms with van der Waals surface area (Å²) in [5.41, 5.74) is 0. The molecule has 0 aromatic carbocycles. The number of nitrogens with one attached hydrogen (secondary N) is 1. The van der Waals surface area contributed by atoms with Crippen LogP contribution >= 0.6 is 0 Å². The number of nitrogens with zero attached hydrogens (tertiary/aromatic N) is 1. The molecule has 0 bridgehead atoms. The van der Waals surface area contributed by atoms with Gasteiger partial charge in [-0.2, -0.15) is 0 Å². The highest BCUT2D eigenvalue weighted by atomic mass is 15.2. The lowest BCUT2D eigenvalue weighted by Crippen LogP contribution is -2.45. The van der Waals surface area contributed by atoms with Crippen LogP contribution in [0.2, 0.25) is 0 Å². The standard InChI is InChI=1S/C10H22N2/c1-3-4-10(2)9-12-7-5-11-6-8-12/h10-11H,3-9H2,1-2H3. The van der Waals surface area contributed by atoms with Gasteiger partial charge in [0.25, 0.3) is 0 Å². The molecule has 0 aliphatic carbocycles. The van der Waals surface area contributed by atoms with Gasteiger partial charge in [0.15, 0.2) is 0 Å². The van der Waals surface area contributed by atoms with E-state index in [9.17, 15) is 0 Å². The Hall–Kier alpha value is -0.0800. The minimum Gasteiger partial charge on any atom is -0.314 e. The molecule has 12 heavy (non-hydrogen) atoms. The van der Waals surface area contributed by atoms with Crippen LogP contribution in [-0.2, 0) is 0 Å². The normalized spacial score (nSPS) is 22.5. The number of hydrogen-bond acceptors (Lipinski definition) is 2. The third-order valence-electron chi connectivity index (χ3n) is 2.56. The topological polar surface area (TPSA) is 15.3 Å². The summed E-state index contributed by atoms with van der Waals surface area (Å²) in [4.78, 5) is 2.58. The summed E-state index contributed by atoms with van der Waals surface area (Å²) < 4.78 is 0. The van der Waals surface area contributed by atoms with Gasteiger partial charge in [-0.05, 0) is 12.3 Å². The van der Waals surface area contributed by atoms with Crippen molar-refractivity contribution in [2.45, 2.75) is 26.7 Å². The van der Waals surface area contributed by atoms with E-state index in [1.165, 1.54) is 45.6 Å². The predicted octanol–water partition coefficient (Wildman–Crippen LogP) is 1.33. The summed E-state index contributed by atoms with van der Waals surface area (Å²) in [6, 6.07) is 0. The monoisotopic (exact) mass is 170 g/mol. The fraction of sp³-hybridized carbons (Fsp3) is 1.00. The maximum atomic E-state index is 3.38. The smallest absolute Gasteiger partial charge is 0.0107 e. The molecule has 0 aromatic heterocycles. The van der Waals surface area contributed by atoms with Gasteiger partial charge >= 0.3 is 0 Å². The Labute approximate surface area is 76.3 Å². The molecule has 1 saturated heterocycles. The molecular formula is C10H22N2. The Morgan fingerprint density at radius 3 is 2.58 bits per heavy atom. The van der Waals surface area contributed by atoms with Crippen LogP contribution in [-0.4, -0.2) is 37.6 Å². The second-order valence-corrected chi connectivity index (χ2v) is 3.94. The highest BCUT2D eigenvalue weighted by molar-refractivity contribution is 4.69. The summed E-state index contributed by atoms with van der Waals surface area (Å²) in [6.07, 6.45) is 2.71. The Bertz CT molecular complexity index is 108. The Morgan fingerprint density at radius 1 is 1.33 bits per heavy atom. The molecule has 2 heteroatoms. The van der Waals surface area contributed by atoms with Crippen molar-refractivity contribution in [3.8, 4) is 0 Å². The molecule has 0 spiro atoms. The molecule has 1 unspecified atom stereocenters. The van der Waals surface area contributed by atoms with Crippen LogP contribution in [0, 0.1) is 5.92 Å². The highest BCUT2D eigenvalue weighted by Crippen LogP contribution is 2.07. The van der Waals surface area contributed by atoms with Crippen molar-refractivity contribution in [2.75, 3.05) is 32.7 Å². The summed E-state index contributed by atoms with van der Waals surface area (Å²) in [5.74, 6) is 0.882. The van der Waals surface area contributed by atoms with Crippen molar-refractivity contribution in [1.29, 1.82) is 0 Å². The molecule has 1 N–H and O–H groups in total. The summed E-state index contributed by atoms with van der Waals surface area (Å²) in [5, 5.41) is 3.38. The van der Waals surface area contributed by atoms with Gasteiger partial charge in [-0.3, -0.25) is 0 Å². The summed E-state index contributed by atoms with van der Waals surface area (Å²) in [7, 11) is 0. The molecule has 0 radical (unpaired) electrons.